The predicted octanol–water partition coefficient (Wildman–Crippen LogP) is 4.35. The van der Waals surface area contributed by atoms with Crippen molar-refractivity contribution in [1.29, 1.82) is 0 Å². The summed E-state index contributed by atoms with van der Waals surface area (Å²) in [6.45, 7) is 1.50. The lowest BCUT2D eigenvalue weighted by atomic mass is 10.1. The summed E-state index contributed by atoms with van der Waals surface area (Å²) in [6, 6.07) is 11.6. The van der Waals surface area contributed by atoms with Crippen LogP contribution in [0.15, 0.2) is 58.3 Å². The molecule has 9 heteroatoms. The number of aryl methyl sites for hydroxylation is 1. The molecule has 1 aliphatic carbocycles. The van der Waals surface area contributed by atoms with Crippen molar-refractivity contribution in [2.24, 2.45) is 0 Å². The molecule has 7 nitrogen and oxygen atoms in total. The van der Waals surface area contributed by atoms with E-state index in [2.05, 4.69) is 10.6 Å². The summed E-state index contributed by atoms with van der Waals surface area (Å²) in [6.07, 6.45) is 3.86. The standard InChI is InChI=1S/C26H28FN3O4S/c1-17-8-13-21(34-17)24(26(33)29-20-5-2-3-6-20)30(16-18-9-11-19(27)12-10-18)23(31)15-28-25(32)22-7-4-14-35-22/h4,7-14,20,24H,2-3,5-6,15-16H2,1H3,(H,28,32)(H,29,33)/t24-/m1/s1. The van der Waals surface area contributed by atoms with Crippen molar-refractivity contribution in [2.45, 2.75) is 51.2 Å². The number of amides is 3. The largest absolute Gasteiger partial charge is 0.464 e. The molecule has 3 amide bonds. The number of benzene rings is 1. The van der Waals surface area contributed by atoms with E-state index in [4.69, 9.17) is 4.42 Å². The van der Waals surface area contributed by atoms with Gasteiger partial charge < -0.3 is 20.0 Å². The van der Waals surface area contributed by atoms with E-state index in [1.807, 2.05) is 0 Å². The predicted molar refractivity (Wildman–Crippen MR) is 130 cm³/mol. The second kappa shape index (κ2) is 11.3. The van der Waals surface area contributed by atoms with Gasteiger partial charge in [-0.25, -0.2) is 4.39 Å². The zero-order chi connectivity index (χ0) is 24.8. The Morgan fingerprint density at radius 1 is 1.11 bits per heavy atom. The Kier molecular flexibility index (Phi) is 7.97. The summed E-state index contributed by atoms with van der Waals surface area (Å²) in [5.41, 5.74) is 0.645. The highest BCUT2D eigenvalue weighted by atomic mass is 32.1. The monoisotopic (exact) mass is 497 g/mol. The van der Waals surface area contributed by atoms with E-state index in [-0.39, 0.29) is 30.9 Å². The van der Waals surface area contributed by atoms with Gasteiger partial charge in [-0.2, -0.15) is 0 Å². The molecule has 1 aliphatic rings. The van der Waals surface area contributed by atoms with Crippen LogP contribution in [0.25, 0.3) is 0 Å². The second-order valence-electron chi connectivity index (χ2n) is 8.65. The molecule has 2 aromatic heterocycles. The van der Waals surface area contributed by atoms with E-state index >= 15 is 0 Å². The number of hydrogen-bond donors (Lipinski definition) is 2. The smallest absolute Gasteiger partial charge is 0.261 e. The van der Waals surface area contributed by atoms with Crippen molar-refractivity contribution in [3.05, 3.63) is 81.7 Å². The van der Waals surface area contributed by atoms with Crippen molar-refractivity contribution in [3.63, 3.8) is 0 Å². The van der Waals surface area contributed by atoms with Crippen LogP contribution in [0.1, 0.15) is 58.5 Å². The summed E-state index contributed by atoms with van der Waals surface area (Å²) in [4.78, 5) is 41.3. The number of halogens is 1. The minimum atomic E-state index is -1.04. The first kappa shape index (κ1) is 24.7. The van der Waals surface area contributed by atoms with Gasteiger partial charge >= 0.3 is 0 Å². The molecule has 2 N–H and O–H groups in total. The van der Waals surface area contributed by atoms with Crippen molar-refractivity contribution in [2.75, 3.05) is 6.54 Å². The Morgan fingerprint density at radius 3 is 2.49 bits per heavy atom. The molecule has 1 saturated carbocycles. The fourth-order valence-electron chi connectivity index (χ4n) is 4.24. The van der Waals surface area contributed by atoms with Crippen molar-refractivity contribution < 1.29 is 23.2 Å². The first-order valence-corrected chi connectivity index (χ1v) is 12.5. The normalized spacial score (nSPS) is 14.5. The first-order valence-electron chi connectivity index (χ1n) is 11.6. The summed E-state index contributed by atoms with van der Waals surface area (Å²) < 4.78 is 19.3. The van der Waals surface area contributed by atoms with Crippen LogP contribution in [0.4, 0.5) is 4.39 Å². The molecule has 184 valence electrons. The topological polar surface area (TPSA) is 91.7 Å². The molecule has 0 aliphatic heterocycles. The molecule has 3 aromatic rings. The van der Waals surface area contributed by atoms with Gasteiger partial charge in [0, 0.05) is 12.6 Å². The molecule has 1 aromatic carbocycles. The number of furan rings is 1. The van der Waals surface area contributed by atoms with E-state index in [9.17, 15) is 18.8 Å². The lowest BCUT2D eigenvalue weighted by molar-refractivity contribution is -0.141. The highest BCUT2D eigenvalue weighted by molar-refractivity contribution is 7.12. The number of carbonyl (C=O) groups excluding carboxylic acids is 3. The van der Waals surface area contributed by atoms with Crippen molar-refractivity contribution in [1.82, 2.24) is 15.5 Å². The molecule has 35 heavy (non-hydrogen) atoms. The Labute approximate surface area is 207 Å². The van der Waals surface area contributed by atoms with Crippen LogP contribution in [0.2, 0.25) is 0 Å². The van der Waals surface area contributed by atoms with Crippen molar-refractivity contribution in [3.8, 4) is 0 Å². The highest BCUT2D eigenvalue weighted by Crippen LogP contribution is 2.27. The Morgan fingerprint density at radius 2 is 1.86 bits per heavy atom. The molecule has 0 radical (unpaired) electrons. The fourth-order valence-corrected chi connectivity index (χ4v) is 4.88. The van der Waals surface area contributed by atoms with Crippen LogP contribution in [0.5, 0.6) is 0 Å². The van der Waals surface area contributed by atoms with Crippen molar-refractivity contribution >= 4 is 29.1 Å². The third-order valence-corrected chi connectivity index (χ3v) is 6.89. The first-order chi connectivity index (χ1) is 16.9. The zero-order valence-corrected chi connectivity index (χ0v) is 20.3. The van der Waals surface area contributed by atoms with E-state index in [0.29, 0.717) is 22.0 Å². The van der Waals surface area contributed by atoms with E-state index in [0.717, 1.165) is 25.7 Å². The maximum Gasteiger partial charge on any atom is 0.261 e. The third-order valence-electron chi connectivity index (χ3n) is 6.02. The van der Waals surface area contributed by atoms with Crippen LogP contribution in [0, 0.1) is 12.7 Å². The molecule has 1 fully saturated rings. The molecule has 0 bridgehead atoms. The average molecular weight is 498 g/mol. The Balaban J connectivity index is 1.61. The lowest BCUT2D eigenvalue weighted by Crippen LogP contribution is -2.48. The maximum atomic E-state index is 13.5. The number of thiophene rings is 1. The van der Waals surface area contributed by atoms with Crippen LogP contribution < -0.4 is 10.6 Å². The summed E-state index contributed by atoms with van der Waals surface area (Å²) in [7, 11) is 0. The van der Waals surface area contributed by atoms with Gasteiger partial charge in [0.15, 0.2) is 6.04 Å². The molecular formula is C26H28FN3O4S. The van der Waals surface area contributed by atoms with Crippen LogP contribution >= 0.6 is 11.3 Å². The number of carbonyl (C=O) groups is 3. The summed E-state index contributed by atoms with van der Waals surface area (Å²) >= 11 is 1.27. The zero-order valence-electron chi connectivity index (χ0n) is 19.5. The number of hydrogen-bond acceptors (Lipinski definition) is 5. The number of nitrogens with zero attached hydrogens (tertiary/aromatic N) is 1. The fraction of sp³-hybridized carbons (Fsp3) is 0.346. The minimum Gasteiger partial charge on any atom is -0.464 e. The average Bonchev–Trinajstić information content (AvgIpc) is 3.62. The lowest BCUT2D eigenvalue weighted by Gasteiger charge is -2.31. The van der Waals surface area contributed by atoms with E-state index < -0.39 is 17.8 Å². The quantitative estimate of drug-likeness (QED) is 0.460. The third kappa shape index (κ3) is 6.36. The Hall–Kier alpha value is -3.46. The minimum absolute atomic E-state index is 0.0382. The summed E-state index contributed by atoms with van der Waals surface area (Å²) in [5.74, 6) is -0.619. The SMILES string of the molecule is Cc1ccc([C@H](C(=O)NC2CCCC2)N(Cc2ccc(F)cc2)C(=O)CNC(=O)c2cccs2)o1. The second-order valence-corrected chi connectivity index (χ2v) is 9.60. The van der Waals surface area contributed by atoms with Crippen LogP contribution in [-0.2, 0) is 16.1 Å². The molecule has 0 spiro atoms. The van der Waals surface area contributed by atoms with Gasteiger partial charge in [0.05, 0.1) is 11.4 Å². The molecule has 2 heterocycles. The van der Waals surface area contributed by atoms with Crippen LogP contribution in [0.3, 0.4) is 0 Å². The Bertz CT molecular complexity index is 1150. The van der Waals surface area contributed by atoms with Gasteiger partial charge in [-0.1, -0.05) is 31.0 Å². The number of nitrogens with one attached hydrogen (secondary N) is 2. The van der Waals surface area contributed by atoms with Gasteiger partial charge in [-0.15, -0.1) is 11.3 Å². The molecule has 4 rings (SSSR count). The van der Waals surface area contributed by atoms with E-state index in [1.54, 1.807) is 48.7 Å². The summed E-state index contributed by atoms with van der Waals surface area (Å²) in [5, 5.41) is 7.49. The van der Waals surface area contributed by atoms with Gasteiger partial charge in [0.1, 0.15) is 17.3 Å². The van der Waals surface area contributed by atoms with Gasteiger partial charge in [0.25, 0.3) is 11.8 Å². The molecule has 0 saturated heterocycles. The van der Waals surface area contributed by atoms with E-state index in [1.165, 1.54) is 28.4 Å². The molecule has 0 unspecified atom stereocenters. The van der Waals surface area contributed by atoms with Gasteiger partial charge in [-0.05, 0) is 61.0 Å². The highest BCUT2D eigenvalue weighted by Gasteiger charge is 2.35. The molecular weight excluding hydrogens is 469 g/mol. The molecule has 1 atom stereocenters. The van der Waals surface area contributed by atoms with Gasteiger partial charge in [-0.3, -0.25) is 14.4 Å². The number of rotatable bonds is 9. The van der Waals surface area contributed by atoms with Gasteiger partial charge in [0.2, 0.25) is 5.91 Å². The maximum absolute atomic E-state index is 13.5. The van der Waals surface area contributed by atoms with Crippen LogP contribution in [-0.4, -0.2) is 35.2 Å².